The Labute approximate surface area is 115 Å². The van der Waals surface area contributed by atoms with Gasteiger partial charge in [-0.15, -0.1) is 11.3 Å². The van der Waals surface area contributed by atoms with Gasteiger partial charge < -0.3 is 10.2 Å². The number of aliphatic carboxylic acids is 1. The van der Waals surface area contributed by atoms with E-state index in [0.717, 1.165) is 17.8 Å². The summed E-state index contributed by atoms with van der Waals surface area (Å²) in [6.45, 7) is 0.215. The fourth-order valence-corrected chi connectivity index (χ4v) is 5.33. The van der Waals surface area contributed by atoms with E-state index in [0.29, 0.717) is 17.8 Å². The molecule has 2 N–H and O–H groups in total. The molecule has 0 amide bonds. The molecule has 0 radical (unpaired) electrons. The lowest BCUT2D eigenvalue weighted by atomic mass is 10.2. The van der Waals surface area contributed by atoms with Crippen molar-refractivity contribution in [2.45, 2.75) is 29.5 Å². The molecule has 106 valence electrons. The van der Waals surface area contributed by atoms with Gasteiger partial charge in [0.15, 0.2) is 0 Å². The molecule has 1 fully saturated rings. The molecular weight excluding hydrogens is 290 g/mol. The lowest BCUT2D eigenvalue weighted by molar-refractivity contribution is -0.136. The average Bonchev–Trinajstić information content (AvgIpc) is 2.95. The predicted molar refractivity (Wildman–Crippen MR) is 69.7 cm³/mol. The zero-order valence-electron chi connectivity index (χ0n) is 10.2. The fraction of sp³-hybridized carbons (Fsp3) is 0.545. The van der Waals surface area contributed by atoms with Crippen LogP contribution in [0, 0.1) is 0 Å². The van der Waals surface area contributed by atoms with E-state index in [4.69, 9.17) is 5.11 Å². The van der Waals surface area contributed by atoms with Crippen molar-refractivity contribution in [3.05, 3.63) is 17.0 Å². The second-order valence-electron chi connectivity index (χ2n) is 4.39. The summed E-state index contributed by atoms with van der Waals surface area (Å²) >= 11 is 0.975. The van der Waals surface area contributed by atoms with Crippen LogP contribution in [0.25, 0.3) is 0 Å². The molecule has 0 aromatic carbocycles. The van der Waals surface area contributed by atoms with Gasteiger partial charge in [-0.05, 0) is 25.0 Å². The Morgan fingerprint density at radius 2 is 2.21 bits per heavy atom. The first-order valence-corrected chi connectivity index (χ1v) is 8.14. The monoisotopic (exact) mass is 305 g/mol. The highest BCUT2D eigenvalue weighted by Crippen LogP contribution is 2.30. The van der Waals surface area contributed by atoms with Crippen molar-refractivity contribution in [3.63, 3.8) is 0 Å². The molecule has 6 nitrogen and oxygen atoms in total. The number of nitrogens with zero attached hydrogens (tertiary/aromatic N) is 1. The number of thiophene rings is 1. The predicted octanol–water partition coefficient (Wildman–Crippen LogP) is 0.521. The molecule has 1 aliphatic rings. The van der Waals surface area contributed by atoms with E-state index in [2.05, 4.69) is 0 Å². The smallest absolute Gasteiger partial charge is 0.308 e. The first kappa shape index (κ1) is 14.4. The van der Waals surface area contributed by atoms with E-state index >= 15 is 0 Å². The maximum Gasteiger partial charge on any atom is 0.308 e. The normalized spacial score (nSPS) is 20.8. The van der Waals surface area contributed by atoms with Crippen LogP contribution in [0.3, 0.4) is 0 Å². The third-order valence-electron chi connectivity index (χ3n) is 3.06. The molecule has 1 aromatic heterocycles. The number of carboxylic acid groups (broad SMARTS) is 1. The Kier molecular flexibility index (Phi) is 4.24. The molecule has 0 saturated carbocycles. The summed E-state index contributed by atoms with van der Waals surface area (Å²) in [6, 6.07) is 2.59. The minimum absolute atomic E-state index is 0.143. The molecule has 1 saturated heterocycles. The molecule has 0 spiro atoms. The van der Waals surface area contributed by atoms with Crippen LogP contribution in [0.15, 0.2) is 16.3 Å². The lowest BCUT2D eigenvalue weighted by Gasteiger charge is -2.21. The third kappa shape index (κ3) is 2.97. The van der Waals surface area contributed by atoms with Crippen molar-refractivity contribution in [1.29, 1.82) is 0 Å². The zero-order valence-corrected chi connectivity index (χ0v) is 11.8. The van der Waals surface area contributed by atoms with Crippen molar-refractivity contribution < 1.29 is 23.4 Å². The Bertz CT molecular complexity index is 565. The first-order valence-electron chi connectivity index (χ1n) is 5.88. The van der Waals surface area contributed by atoms with Gasteiger partial charge >= 0.3 is 5.97 Å². The molecule has 1 atom stereocenters. The largest absolute Gasteiger partial charge is 0.481 e. The summed E-state index contributed by atoms with van der Waals surface area (Å²) in [4.78, 5) is 11.1. The first-order chi connectivity index (χ1) is 8.95. The molecule has 0 bridgehead atoms. The Morgan fingerprint density at radius 1 is 1.47 bits per heavy atom. The Balaban J connectivity index is 2.24. The second kappa shape index (κ2) is 5.58. The summed E-state index contributed by atoms with van der Waals surface area (Å²) in [7, 11) is -3.62. The van der Waals surface area contributed by atoms with E-state index in [-0.39, 0.29) is 23.3 Å². The van der Waals surface area contributed by atoms with Crippen LogP contribution < -0.4 is 0 Å². The number of aliphatic hydroxyl groups excluding tert-OH is 1. The number of hydrogen-bond acceptors (Lipinski definition) is 5. The van der Waals surface area contributed by atoms with E-state index in [1.807, 2.05) is 0 Å². The summed E-state index contributed by atoms with van der Waals surface area (Å²) in [5, 5.41) is 17.9. The highest BCUT2D eigenvalue weighted by atomic mass is 32.2. The van der Waals surface area contributed by atoms with E-state index in [9.17, 15) is 18.3 Å². The zero-order chi connectivity index (χ0) is 14.0. The minimum Gasteiger partial charge on any atom is -0.481 e. The second-order valence-corrected chi connectivity index (χ2v) is 7.67. The van der Waals surface area contributed by atoms with Crippen LogP contribution in [0.5, 0.6) is 0 Å². The highest BCUT2D eigenvalue weighted by Gasteiger charge is 2.35. The number of carboxylic acids is 1. The van der Waals surface area contributed by atoms with Crippen LogP contribution in [-0.2, 0) is 21.2 Å². The standard InChI is InChI=1S/C11H15NO5S2/c13-7-8-2-1-5-12(8)19(16,17)11-4-3-9(18-11)6-10(14)15/h3-4,8,13H,1-2,5-7H2,(H,14,15)/t8-/m0/s1. The van der Waals surface area contributed by atoms with Gasteiger partial charge in [0, 0.05) is 17.5 Å². The Morgan fingerprint density at radius 3 is 2.84 bits per heavy atom. The lowest BCUT2D eigenvalue weighted by Crippen LogP contribution is -2.37. The number of rotatable bonds is 5. The quantitative estimate of drug-likeness (QED) is 0.827. The van der Waals surface area contributed by atoms with Crippen LogP contribution in [0.2, 0.25) is 0 Å². The topological polar surface area (TPSA) is 94.9 Å². The maximum atomic E-state index is 12.4. The maximum absolute atomic E-state index is 12.4. The van der Waals surface area contributed by atoms with Gasteiger partial charge in [0.2, 0.25) is 0 Å². The summed E-state index contributed by atoms with van der Waals surface area (Å²) in [6.07, 6.45) is 1.21. The van der Waals surface area contributed by atoms with E-state index < -0.39 is 16.0 Å². The van der Waals surface area contributed by atoms with Gasteiger partial charge in [-0.2, -0.15) is 4.31 Å². The van der Waals surface area contributed by atoms with Gasteiger partial charge in [0.05, 0.1) is 13.0 Å². The van der Waals surface area contributed by atoms with E-state index in [1.165, 1.54) is 16.4 Å². The van der Waals surface area contributed by atoms with Gasteiger partial charge in [-0.3, -0.25) is 4.79 Å². The number of sulfonamides is 1. The van der Waals surface area contributed by atoms with Crippen molar-refractivity contribution in [2.75, 3.05) is 13.2 Å². The number of aliphatic hydroxyl groups is 1. The van der Waals surface area contributed by atoms with Crippen molar-refractivity contribution in [1.82, 2.24) is 4.31 Å². The van der Waals surface area contributed by atoms with Gasteiger partial charge in [0.1, 0.15) is 4.21 Å². The highest BCUT2D eigenvalue weighted by molar-refractivity contribution is 7.91. The summed E-state index contributed by atoms with van der Waals surface area (Å²) in [5.41, 5.74) is 0. The molecule has 0 unspecified atom stereocenters. The Hall–Kier alpha value is -0.960. The van der Waals surface area contributed by atoms with Gasteiger partial charge in [-0.1, -0.05) is 0 Å². The van der Waals surface area contributed by atoms with Crippen molar-refractivity contribution in [3.8, 4) is 0 Å². The minimum atomic E-state index is -3.62. The number of carbonyl (C=O) groups is 1. The SMILES string of the molecule is O=C(O)Cc1ccc(S(=O)(=O)N2CCC[C@H]2CO)s1. The molecule has 8 heteroatoms. The molecule has 19 heavy (non-hydrogen) atoms. The molecule has 2 rings (SSSR count). The summed E-state index contributed by atoms with van der Waals surface area (Å²) in [5.74, 6) is -0.986. The van der Waals surface area contributed by atoms with Crippen LogP contribution in [0.1, 0.15) is 17.7 Å². The fourth-order valence-electron chi connectivity index (χ4n) is 2.16. The van der Waals surface area contributed by atoms with Gasteiger partial charge in [0.25, 0.3) is 10.0 Å². The van der Waals surface area contributed by atoms with Crippen LogP contribution >= 0.6 is 11.3 Å². The number of hydrogen-bond donors (Lipinski definition) is 2. The van der Waals surface area contributed by atoms with Crippen LogP contribution in [0.4, 0.5) is 0 Å². The molecule has 1 aliphatic heterocycles. The van der Waals surface area contributed by atoms with E-state index in [1.54, 1.807) is 0 Å². The molecule has 0 aliphatic carbocycles. The molecular formula is C11H15NO5S2. The van der Waals surface area contributed by atoms with Crippen molar-refractivity contribution in [2.24, 2.45) is 0 Å². The average molecular weight is 305 g/mol. The molecule has 1 aromatic rings. The van der Waals surface area contributed by atoms with Gasteiger partial charge in [-0.25, -0.2) is 8.42 Å². The third-order valence-corrected chi connectivity index (χ3v) is 6.56. The summed E-state index contributed by atoms with van der Waals surface area (Å²) < 4.78 is 26.2. The van der Waals surface area contributed by atoms with Crippen molar-refractivity contribution >= 4 is 27.3 Å². The van der Waals surface area contributed by atoms with Crippen LogP contribution in [-0.4, -0.2) is 48.1 Å². The molecule has 2 heterocycles.